The van der Waals surface area contributed by atoms with Crippen LogP contribution in [0.3, 0.4) is 0 Å². The van der Waals surface area contributed by atoms with Gasteiger partial charge in [-0.1, -0.05) is 39.8 Å². The predicted octanol–water partition coefficient (Wildman–Crippen LogP) is 3.90. The molecule has 1 aliphatic heterocycles. The molecule has 0 radical (unpaired) electrons. The molecule has 1 spiro atoms. The van der Waals surface area contributed by atoms with Gasteiger partial charge in [-0.3, -0.25) is 9.59 Å². The number of hydrogen-bond donors (Lipinski definition) is 0. The molecule has 1 heterocycles. The van der Waals surface area contributed by atoms with Gasteiger partial charge in [0.05, 0.1) is 0 Å². The highest BCUT2D eigenvalue weighted by molar-refractivity contribution is 5.92. The Balaban J connectivity index is 1.64. The average Bonchev–Trinajstić information content (AvgIpc) is 3.31. The summed E-state index contributed by atoms with van der Waals surface area (Å²) in [7, 11) is 0. The highest BCUT2D eigenvalue weighted by Gasteiger charge is 2.81. The van der Waals surface area contributed by atoms with Gasteiger partial charge in [0.15, 0.2) is 17.7 Å². The fourth-order valence-corrected chi connectivity index (χ4v) is 7.98. The molecule has 10 atom stereocenters. The number of ether oxygens (including phenoxy) is 1. The molecule has 0 N–H and O–H groups in total. The highest BCUT2D eigenvalue weighted by Crippen LogP contribution is 2.75. The van der Waals surface area contributed by atoms with Gasteiger partial charge in [-0.2, -0.15) is 0 Å². The van der Waals surface area contributed by atoms with Crippen LogP contribution in [0, 0.1) is 40.4 Å². The Morgan fingerprint density at radius 3 is 2.58 bits per heavy atom. The number of epoxide rings is 1. The molecule has 3 nitrogen and oxygen atoms in total. The van der Waals surface area contributed by atoms with Gasteiger partial charge in [-0.25, -0.2) is 4.39 Å². The van der Waals surface area contributed by atoms with Crippen LogP contribution in [-0.2, 0) is 14.3 Å². The zero-order chi connectivity index (χ0) is 18.8. The maximum Gasteiger partial charge on any atom is 0.173 e. The van der Waals surface area contributed by atoms with Crippen molar-refractivity contribution in [1.29, 1.82) is 0 Å². The van der Waals surface area contributed by atoms with E-state index in [2.05, 4.69) is 27.4 Å². The van der Waals surface area contributed by atoms with E-state index in [1.165, 1.54) is 0 Å². The first kappa shape index (κ1) is 17.1. The SMILES string of the molecule is C=C1C(C)C23OC2C(=O)CC(C)[C@]3(C)[C@@H]2CC[C@]3(C)C(=O)C(F)C[C@H]3[C@H]12. The van der Waals surface area contributed by atoms with Gasteiger partial charge in [-0.05, 0) is 42.9 Å². The van der Waals surface area contributed by atoms with Crippen LogP contribution in [0.1, 0.15) is 53.4 Å². The van der Waals surface area contributed by atoms with Gasteiger partial charge in [0.2, 0.25) is 0 Å². The van der Waals surface area contributed by atoms with Gasteiger partial charge in [0.25, 0.3) is 0 Å². The Morgan fingerprint density at radius 1 is 1.19 bits per heavy atom. The minimum absolute atomic E-state index is 0.0369. The molecule has 26 heavy (non-hydrogen) atoms. The standard InChI is InChI=1S/C22H29FO3/c1-10-8-16(24)19-22(26-19)12(3)11(2)17-13(21(10,22)5)6-7-20(4)14(17)9-15(23)18(20)25/h10,12-15,17,19H,2,6-9H2,1,3-5H3/t10?,12?,13-,14+,15?,17-,19?,20+,21-,22?/m1/s1. The summed E-state index contributed by atoms with van der Waals surface area (Å²) in [5, 5.41) is 0. The molecule has 0 aromatic rings. The summed E-state index contributed by atoms with van der Waals surface area (Å²) in [6.07, 6.45) is 0.932. The lowest BCUT2D eigenvalue weighted by molar-refractivity contribution is -0.146. The van der Waals surface area contributed by atoms with Crippen molar-refractivity contribution >= 4 is 11.6 Å². The van der Waals surface area contributed by atoms with E-state index in [1.54, 1.807) is 0 Å². The average molecular weight is 360 g/mol. The molecular weight excluding hydrogens is 331 g/mol. The smallest absolute Gasteiger partial charge is 0.173 e. The molecule has 4 heteroatoms. The Bertz CT molecular complexity index is 746. The first-order chi connectivity index (χ1) is 12.1. The molecule has 5 aliphatic rings. The van der Waals surface area contributed by atoms with E-state index in [4.69, 9.17) is 4.74 Å². The fraction of sp³-hybridized carbons (Fsp3) is 0.818. The molecule has 4 saturated carbocycles. The molecule has 0 aromatic heterocycles. The zero-order valence-electron chi connectivity index (χ0n) is 16.2. The second-order valence-corrected chi connectivity index (χ2v) is 10.2. The summed E-state index contributed by atoms with van der Waals surface area (Å²) in [6, 6.07) is 0. The van der Waals surface area contributed by atoms with Crippen molar-refractivity contribution < 1.29 is 18.7 Å². The molecule has 5 fully saturated rings. The van der Waals surface area contributed by atoms with Crippen molar-refractivity contribution in [1.82, 2.24) is 0 Å². The predicted molar refractivity (Wildman–Crippen MR) is 95.1 cm³/mol. The number of hydrogen-bond acceptors (Lipinski definition) is 3. The molecule has 5 unspecified atom stereocenters. The second-order valence-electron chi connectivity index (χ2n) is 10.2. The topological polar surface area (TPSA) is 46.7 Å². The first-order valence-corrected chi connectivity index (χ1v) is 10.2. The fourth-order valence-electron chi connectivity index (χ4n) is 7.98. The van der Waals surface area contributed by atoms with E-state index in [-0.39, 0.29) is 46.8 Å². The minimum atomic E-state index is -1.33. The number of fused-ring (bicyclic) bond motifs is 4. The third kappa shape index (κ3) is 1.54. The van der Waals surface area contributed by atoms with Crippen LogP contribution >= 0.6 is 0 Å². The monoisotopic (exact) mass is 360 g/mol. The molecule has 4 aliphatic carbocycles. The molecular formula is C22H29FO3. The molecule has 0 amide bonds. The Hall–Kier alpha value is -1.03. The van der Waals surface area contributed by atoms with Gasteiger partial charge < -0.3 is 4.74 Å². The summed E-state index contributed by atoms with van der Waals surface area (Å²) in [5.41, 5.74) is -0.00219. The van der Waals surface area contributed by atoms with Crippen molar-refractivity contribution in [3.8, 4) is 0 Å². The number of carbonyl (C=O) groups excluding carboxylic acids is 2. The molecule has 1 saturated heterocycles. The number of alkyl halides is 1. The Kier molecular flexibility index (Phi) is 3.08. The third-order valence-electron chi connectivity index (χ3n) is 9.68. The summed E-state index contributed by atoms with van der Waals surface area (Å²) in [6.45, 7) is 13.0. The lowest BCUT2D eigenvalue weighted by Crippen LogP contribution is -2.64. The van der Waals surface area contributed by atoms with Gasteiger partial charge in [0, 0.05) is 23.2 Å². The van der Waals surface area contributed by atoms with Crippen LogP contribution in [0.15, 0.2) is 12.2 Å². The lowest BCUT2D eigenvalue weighted by atomic mass is 9.40. The zero-order valence-corrected chi connectivity index (χ0v) is 16.2. The van der Waals surface area contributed by atoms with Crippen molar-refractivity contribution in [2.45, 2.75) is 71.3 Å². The number of carbonyl (C=O) groups is 2. The summed E-state index contributed by atoms with van der Waals surface area (Å²) >= 11 is 0. The van der Waals surface area contributed by atoms with Gasteiger partial charge >= 0.3 is 0 Å². The highest BCUT2D eigenvalue weighted by atomic mass is 19.1. The van der Waals surface area contributed by atoms with Crippen molar-refractivity contribution in [2.75, 3.05) is 0 Å². The van der Waals surface area contributed by atoms with Gasteiger partial charge in [-0.15, -0.1) is 0 Å². The van der Waals surface area contributed by atoms with Crippen molar-refractivity contribution in [3.63, 3.8) is 0 Å². The van der Waals surface area contributed by atoms with Crippen LogP contribution in [0.4, 0.5) is 4.39 Å². The molecule has 5 rings (SSSR count). The number of Topliss-reactive ketones (excluding diaryl/α,β-unsaturated/α-hetero) is 2. The van der Waals surface area contributed by atoms with E-state index in [0.29, 0.717) is 18.8 Å². The summed E-state index contributed by atoms with van der Waals surface area (Å²) in [4.78, 5) is 25.1. The maximum atomic E-state index is 14.4. The Labute approximate surface area is 154 Å². The van der Waals surface area contributed by atoms with E-state index < -0.39 is 17.2 Å². The van der Waals surface area contributed by atoms with E-state index in [9.17, 15) is 14.0 Å². The van der Waals surface area contributed by atoms with E-state index >= 15 is 0 Å². The number of ketones is 2. The normalized spacial score (nSPS) is 60.8. The number of rotatable bonds is 0. The maximum absolute atomic E-state index is 14.4. The largest absolute Gasteiger partial charge is 0.356 e. The summed E-state index contributed by atoms with van der Waals surface area (Å²) in [5.74, 6) is 0.851. The van der Waals surface area contributed by atoms with E-state index in [1.807, 2.05) is 6.92 Å². The lowest BCUT2D eigenvalue weighted by Gasteiger charge is -2.62. The molecule has 0 aromatic carbocycles. The van der Waals surface area contributed by atoms with Crippen molar-refractivity contribution in [2.24, 2.45) is 40.4 Å². The van der Waals surface area contributed by atoms with Crippen LogP contribution < -0.4 is 0 Å². The summed E-state index contributed by atoms with van der Waals surface area (Å²) < 4.78 is 20.7. The van der Waals surface area contributed by atoms with Crippen LogP contribution in [0.25, 0.3) is 0 Å². The van der Waals surface area contributed by atoms with Crippen LogP contribution in [-0.4, -0.2) is 29.4 Å². The quantitative estimate of drug-likeness (QED) is 0.486. The van der Waals surface area contributed by atoms with Crippen LogP contribution in [0.2, 0.25) is 0 Å². The first-order valence-electron chi connectivity index (χ1n) is 10.2. The van der Waals surface area contributed by atoms with Crippen LogP contribution in [0.5, 0.6) is 0 Å². The number of halogens is 1. The second kappa shape index (κ2) is 4.68. The van der Waals surface area contributed by atoms with E-state index in [0.717, 1.165) is 18.4 Å². The minimum Gasteiger partial charge on any atom is -0.356 e. The van der Waals surface area contributed by atoms with Gasteiger partial charge in [0.1, 0.15) is 11.7 Å². The Morgan fingerprint density at radius 2 is 1.88 bits per heavy atom. The third-order valence-corrected chi connectivity index (χ3v) is 9.68. The molecule has 0 bridgehead atoms. The van der Waals surface area contributed by atoms with Crippen molar-refractivity contribution in [3.05, 3.63) is 12.2 Å². The molecule has 142 valence electrons.